The zero-order valence-electron chi connectivity index (χ0n) is 14.6. The second kappa shape index (κ2) is 7.31. The van der Waals surface area contributed by atoms with Gasteiger partial charge < -0.3 is 15.0 Å². The maximum atomic E-state index is 12.1. The monoisotopic (exact) mass is 333 g/mol. The molecule has 24 heavy (non-hydrogen) atoms. The normalized spacial score (nSPS) is 12.2. The van der Waals surface area contributed by atoms with Crippen molar-refractivity contribution in [3.63, 3.8) is 0 Å². The molecule has 2 aromatic rings. The summed E-state index contributed by atoms with van der Waals surface area (Å²) in [5.41, 5.74) is 0.185. The van der Waals surface area contributed by atoms with E-state index in [1.165, 1.54) is 14.1 Å². The Hall–Kier alpha value is -2.61. The fraction of sp³-hybridized carbons (Fsp3) is 0.438. The molecule has 130 valence electrons. The van der Waals surface area contributed by atoms with Crippen LogP contribution in [0.4, 0.5) is 5.82 Å². The average Bonchev–Trinajstić information content (AvgIpc) is 2.57. The van der Waals surface area contributed by atoms with E-state index in [2.05, 4.69) is 10.4 Å². The minimum absolute atomic E-state index is 0.0275. The Morgan fingerprint density at radius 3 is 2.38 bits per heavy atom. The molecule has 0 spiro atoms. The van der Waals surface area contributed by atoms with Crippen LogP contribution in [-0.4, -0.2) is 47.0 Å². The van der Waals surface area contributed by atoms with Gasteiger partial charge in [-0.15, -0.1) is 5.10 Å². The van der Waals surface area contributed by atoms with Gasteiger partial charge in [0.1, 0.15) is 5.75 Å². The molecule has 0 aliphatic carbocycles. The number of aromatic nitrogens is 3. The van der Waals surface area contributed by atoms with Crippen LogP contribution < -0.4 is 21.3 Å². The molecule has 1 N–H and O–H groups in total. The van der Waals surface area contributed by atoms with Crippen molar-refractivity contribution >= 4 is 5.82 Å². The maximum Gasteiger partial charge on any atom is 0.346 e. The number of rotatable bonds is 6. The van der Waals surface area contributed by atoms with E-state index in [4.69, 9.17) is 4.74 Å². The molecule has 0 radical (unpaired) electrons. The molecule has 1 aromatic carbocycles. The van der Waals surface area contributed by atoms with Crippen LogP contribution in [0, 0.1) is 0 Å². The first-order valence-corrected chi connectivity index (χ1v) is 7.53. The Morgan fingerprint density at radius 2 is 1.83 bits per heavy atom. The number of benzene rings is 1. The molecule has 0 fully saturated rings. The standard InChI is InChI=1S/C16H23N5O3/c1-19(2)13(11-6-8-12(24-5)9-7-11)10-17-14-15(22)20(3)16(23)21(4)18-14/h6-9,13H,10H2,1-5H3,(H,17,18). The molecule has 0 saturated carbocycles. The van der Waals surface area contributed by atoms with Gasteiger partial charge >= 0.3 is 5.69 Å². The van der Waals surface area contributed by atoms with Crippen molar-refractivity contribution in [1.29, 1.82) is 0 Å². The summed E-state index contributed by atoms with van der Waals surface area (Å²) in [5, 5.41) is 7.06. The Morgan fingerprint density at radius 1 is 1.21 bits per heavy atom. The van der Waals surface area contributed by atoms with Gasteiger partial charge in [0.2, 0.25) is 5.82 Å². The average molecular weight is 333 g/mol. The molecule has 0 amide bonds. The molecule has 2 rings (SSSR count). The number of hydrogen-bond donors (Lipinski definition) is 1. The molecule has 0 saturated heterocycles. The summed E-state index contributed by atoms with van der Waals surface area (Å²) in [6.45, 7) is 0.472. The minimum atomic E-state index is -0.454. The summed E-state index contributed by atoms with van der Waals surface area (Å²) >= 11 is 0. The van der Waals surface area contributed by atoms with Gasteiger partial charge in [-0.05, 0) is 31.8 Å². The van der Waals surface area contributed by atoms with Crippen molar-refractivity contribution in [3.8, 4) is 5.75 Å². The number of nitrogens with one attached hydrogen (secondary N) is 1. The van der Waals surface area contributed by atoms with E-state index < -0.39 is 11.2 Å². The third-order valence-corrected chi connectivity index (χ3v) is 3.91. The third-order valence-electron chi connectivity index (χ3n) is 3.91. The largest absolute Gasteiger partial charge is 0.497 e. The second-order valence-corrected chi connectivity index (χ2v) is 5.75. The first-order valence-electron chi connectivity index (χ1n) is 7.53. The molecule has 8 nitrogen and oxygen atoms in total. The van der Waals surface area contributed by atoms with Crippen LogP contribution in [0.25, 0.3) is 0 Å². The van der Waals surface area contributed by atoms with E-state index in [0.29, 0.717) is 6.54 Å². The molecule has 1 unspecified atom stereocenters. The number of anilines is 1. The molecule has 1 atom stereocenters. The Balaban J connectivity index is 2.23. The number of aryl methyl sites for hydroxylation is 1. The third kappa shape index (κ3) is 3.65. The zero-order chi connectivity index (χ0) is 17.9. The number of methoxy groups -OCH3 is 1. The van der Waals surface area contributed by atoms with Crippen molar-refractivity contribution in [2.75, 3.05) is 33.1 Å². The lowest BCUT2D eigenvalue weighted by atomic mass is 10.1. The lowest BCUT2D eigenvalue weighted by Gasteiger charge is -2.25. The fourth-order valence-electron chi connectivity index (χ4n) is 2.43. The van der Waals surface area contributed by atoms with Crippen LogP contribution in [0.2, 0.25) is 0 Å². The summed E-state index contributed by atoms with van der Waals surface area (Å²) in [4.78, 5) is 25.9. The number of likely N-dealkylation sites (N-methyl/N-ethyl adjacent to an activating group) is 1. The van der Waals surface area contributed by atoms with Gasteiger partial charge in [-0.3, -0.25) is 9.36 Å². The van der Waals surface area contributed by atoms with Crippen LogP contribution in [0.15, 0.2) is 33.9 Å². The predicted molar refractivity (Wildman–Crippen MR) is 92.6 cm³/mol. The Labute approximate surface area is 140 Å². The summed E-state index contributed by atoms with van der Waals surface area (Å²) in [7, 11) is 8.50. The quantitative estimate of drug-likeness (QED) is 0.813. The van der Waals surface area contributed by atoms with E-state index in [1.54, 1.807) is 7.11 Å². The Kier molecular flexibility index (Phi) is 5.40. The zero-order valence-corrected chi connectivity index (χ0v) is 14.6. The van der Waals surface area contributed by atoms with Crippen LogP contribution in [0.3, 0.4) is 0 Å². The lowest BCUT2D eigenvalue weighted by Crippen LogP contribution is -2.40. The second-order valence-electron chi connectivity index (χ2n) is 5.75. The van der Waals surface area contributed by atoms with Crippen molar-refractivity contribution < 1.29 is 4.74 Å². The van der Waals surface area contributed by atoms with Gasteiger partial charge in [0.25, 0.3) is 5.56 Å². The first kappa shape index (κ1) is 17.7. The molecule has 0 bridgehead atoms. The molecule has 0 aliphatic rings. The van der Waals surface area contributed by atoms with Crippen LogP contribution in [0.1, 0.15) is 11.6 Å². The van der Waals surface area contributed by atoms with Crippen molar-refractivity contribution in [3.05, 3.63) is 50.7 Å². The van der Waals surface area contributed by atoms with Crippen molar-refractivity contribution in [2.24, 2.45) is 14.1 Å². The highest BCUT2D eigenvalue weighted by atomic mass is 16.5. The maximum absolute atomic E-state index is 12.1. The lowest BCUT2D eigenvalue weighted by molar-refractivity contribution is 0.311. The van der Waals surface area contributed by atoms with Gasteiger partial charge in [-0.25, -0.2) is 9.48 Å². The summed E-state index contributed by atoms with van der Waals surface area (Å²) in [6.07, 6.45) is 0. The van der Waals surface area contributed by atoms with Gasteiger partial charge in [-0.1, -0.05) is 12.1 Å². The highest BCUT2D eigenvalue weighted by molar-refractivity contribution is 5.33. The first-order chi connectivity index (χ1) is 11.3. The highest BCUT2D eigenvalue weighted by Crippen LogP contribution is 2.21. The van der Waals surface area contributed by atoms with E-state index in [9.17, 15) is 9.59 Å². The smallest absolute Gasteiger partial charge is 0.346 e. The van der Waals surface area contributed by atoms with E-state index >= 15 is 0 Å². The van der Waals surface area contributed by atoms with Crippen LogP contribution in [0.5, 0.6) is 5.75 Å². The molecule has 1 heterocycles. The van der Waals surface area contributed by atoms with E-state index in [-0.39, 0.29) is 11.9 Å². The summed E-state index contributed by atoms with van der Waals surface area (Å²) < 4.78 is 7.35. The van der Waals surface area contributed by atoms with Gasteiger partial charge in [-0.2, -0.15) is 0 Å². The minimum Gasteiger partial charge on any atom is -0.497 e. The fourth-order valence-corrected chi connectivity index (χ4v) is 2.43. The highest BCUT2D eigenvalue weighted by Gasteiger charge is 2.16. The summed E-state index contributed by atoms with van der Waals surface area (Å²) in [6, 6.07) is 7.79. The molecule has 1 aromatic heterocycles. The number of hydrogen-bond acceptors (Lipinski definition) is 6. The molecular weight excluding hydrogens is 310 g/mol. The van der Waals surface area contributed by atoms with E-state index in [0.717, 1.165) is 20.6 Å². The van der Waals surface area contributed by atoms with Gasteiger partial charge in [0.15, 0.2) is 0 Å². The Bertz CT molecular complexity index is 808. The topological polar surface area (TPSA) is 81.4 Å². The van der Waals surface area contributed by atoms with Gasteiger partial charge in [0.05, 0.1) is 13.2 Å². The van der Waals surface area contributed by atoms with Crippen molar-refractivity contribution in [2.45, 2.75) is 6.04 Å². The van der Waals surface area contributed by atoms with Gasteiger partial charge in [0, 0.05) is 20.6 Å². The number of ether oxygens (including phenoxy) is 1. The number of nitrogens with zero attached hydrogens (tertiary/aromatic N) is 4. The predicted octanol–water partition coefficient (Wildman–Crippen LogP) is 0.202. The SMILES string of the molecule is COc1ccc(C(CNc2nn(C)c(=O)n(C)c2=O)N(C)C)cc1. The van der Waals surface area contributed by atoms with Crippen LogP contribution >= 0.6 is 0 Å². The molecule has 8 heteroatoms. The van der Waals surface area contributed by atoms with Crippen LogP contribution in [-0.2, 0) is 14.1 Å². The summed E-state index contributed by atoms with van der Waals surface area (Å²) in [5.74, 6) is 0.942. The molecule has 0 aliphatic heterocycles. The van der Waals surface area contributed by atoms with Crippen molar-refractivity contribution in [1.82, 2.24) is 19.2 Å². The van der Waals surface area contributed by atoms with E-state index in [1.807, 2.05) is 43.3 Å². The molecular formula is C16H23N5O3.